The van der Waals surface area contributed by atoms with E-state index in [0.717, 1.165) is 24.1 Å². The molecule has 2 rings (SSSR count). The van der Waals surface area contributed by atoms with Crippen LogP contribution in [0.5, 0.6) is 5.75 Å². The molecule has 2 aromatic carbocycles. The van der Waals surface area contributed by atoms with Crippen molar-refractivity contribution in [2.45, 2.75) is 32.6 Å². The summed E-state index contributed by atoms with van der Waals surface area (Å²) < 4.78 is 5.71. The van der Waals surface area contributed by atoms with Gasteiger partial charge in [-0.2, -0.15) is 0 Å². The summed E-state index contributed by atoms with van der Waals surface area (Å²) in [5.74, 6) is 0.836. The molecule has 0 N–H and O–H groups in total. The van der Waals surface area contributed by atoms with Crippen LogP contribution in [0.3, 0.4) is 0 Å². The van der Waals surface area contributed by atoms with Crippen LogP contribution in [0.25, 0.3) is 0 Å². The Labute approximate surface area is 173 Å². The van der Waals surface area contributed by atoms with Gasteiger partial charge in [-0.25, -0.2) is 0 Å². The van der Waals surface area contributed by atoms with Gasteiger partial charge < -0.3 is 4.74 Å². The Morgan fingerprint density at radius 2 is 1.64 bits per heavy atom. The summed E-state index contributed by atoms with van der Waals surface area (Å²) in [7, 11) is -0.0163. The second kappa shape index (κ2) is 12.0. The van der Waals surface area contributed by atoms with E-state index in [9.17, 15) is 4.79 Å². The van der Waals surface area contributed by atoms with E-state index in [-0.39, 0.29) is 33.0 Å². The number of ether oxygens (including phenoxy) is 1. The molecular weight excluding hydrogens is 369 g/mol. The van der Waals surface area contributed by atoms with Gasteiger partial charge in [-0.3, -0.25) is 4.79 Å². The van der Waals surface area contributed by atoms with Gasteiger partial charge in [0.25, 0.3) is 0 Å². The van der Waals surface area contributed by atoms with Gasteiger partial charge in [0.1, 0.15) is 5.75 Å². The normalized spacial score (nSPS) is 10.7. The van der Waals surface area contributed by atoms with Crippen molar-refractivity contribution in [2.24, 2.45) is 0 Å². The van der Waals surface area contributed by atoms with Gasteiger partial charge >= 0.3 is 18.9 Å². The third-order valence-electron chi connectivity index (χ3n) is 3.57. The van der Waals surface area contributed by atoms with Crippen LogP contribution >= 0.6 is 31.8 Å². The summed E-state index contributed by atoms with van der Waals surface area (Å²) in [6.07, 6.45) is 4.74. The molecule has 0 fully saturated rings. The van der Waals surface area contributed by atoms with E-state index in [1.165, 1.54) is 19.3 Å². The summed E-state index contributed by atoms with van der Waals surface area (Å²) in [5.41, 5.74) is 0.342. The fourth-order valence-electron chi connectivity index (χ4n) is 2.26. The maximum atomic E-state index is 12.4. The Hall–Kier alpha value is -0.483. The van der Waals surface area contributed by atoms with Gasteiger partial charge in [-0.15, -0.1) is 0 Å². The van der Waals surface area contributed by atoms with E-state index in [4.69, 9.17) is 27.9 Å². The molecule has 0 heterocycles. The second-order valence-electron chi connectivity index (χ2n) is 5.48. The molecule has 0 aliphatic heterocycles. The standard InChI is InChI=1S/C19H21Cl2O2P.Li.H/c1-2-3-4-5-13-23-14-9-11-15(12-10-14)24-19(22)18-16(20)7-6-8-17(18)21;;/h6-12,24H,2-5,13H2,1H3;;. The van der Waals surface area contributed by atoms with Crippen LogP contribution in [0.2, 0.25) is 10.0 Å². The molecule has 0 bridgehead atoms. The fourth-order valence-corrected chi connectivity index (χ4v) is 3.98. The SMILES string of the molecule is CCCCCCOc1ccc(PC(=O)c2c(Cl)cccc2Cl)cc1.[LiH]. The zero-order valence-electron chi connectivity index (χ0n) is 13.6. The molecular formula is C19H22Cl2LiO2P. The van der Waals surface area contributed by atoms with E-state index >= 15 is 0 Å². The van der Waals surface area contributed by atoms with E-state index in [2.05, 4.69) is 6.92 Å². The van der Waals surface area contributed by atoms with Crippen molar-refractivity contribution in [1.82, 2.24) is 0 Å². The Morgan fingerprint density at radius 1 is 1.00 bits per heavy atom. The topological polar surface area (TPSA) is 26.3 Å². The first-order valence-electron chi connectivity index (χ1n) is 8.10. The number of hydrogen-bond donors (Lipinski definition) is 0. The van der Waals surface area contributed by atoms with E-state index in [1.54, 1.807) is 18.2 Å². The van der Waals surface area contributed by atoms with E-state index in [1.807, 2.05) is 24.3 Å². The Kier molecular flexibility index (Phi) is 10.8. The molecule has 1 atom stereocenters. The molecule has 0 aliphatic rings. The van der Waals surface area contributed by atoms with Crippen molar-refractivity contribution in [2.75, 3.05) is 6.61 Å². The number of rotatable bonds is 9. The minimum atomic E-state index is -0.0566. The average molecular weight is 391 g/mol. The zero-order chi connectivity index (χ0) is 17.4. The number of carbonyl (C=O) groups excluding carboxylic acids is 1. The molecule has 0 radical (unpaired) electrons. The van der Waals surface area contributed by atoms with Crippen molar-refractivity contribution in [3.05, 3.63) is 58.1 Å². The van der Waals surface area contributed by atoms with Crippen molar-refractivity contribution in [3.63, 3.8) is 0 Å². The fraction of sp³-hybridized carbons (Fsp3) is 0.316. The molecule has 0 aromatic heterocycles. The van der Waals surface area contributed by atoms with Gasteiger partial charge in [-0.1, -0.05) is 67.6 Å². The van der Waals surface area contributed by atoms with Gasteiger partial charge in [-0.05, 0) is 44.6 Å². The number of halogens is 2. The second-order valence-corrected chi connectivity index (χ2v) is 7.58. The molecule has 2 nitrogen and oxygen atoms in total. The molecule has 2 aromatic rings. The van der Waals surface area contributed by atoms with Gasteiger partial charge in [0.15, 0.2) is 5.52 Å². The third-order valence-corrected chi connectivity index (χ3v) is 5.30. The zero-order valence-corrected chi connectivity index (χ0v) is 16.2. The molecule has 1 unspecified atom stereocenters. The van der Waals surface area contributed by atoms with Crippen molar-refractivity contribution in [1.29, 1.82) is 0 Å². The van der Waals surface area contributed by atoms with Gasteiger partial charge in [0, 0.05) is 0 Å². The molecule has 0 saturated heterocycles. The summed E-state index contributed by atoms with van der Waals surface area (Å²) >= 11 is 12.2. The predicted molar refractivity (Wildman–Crippen MR) is 112 cm³/mol. The van der Waals surface area contributed by atoms with Crippen LogP contribution in [0.1, 0.15) is 43.0 Å². The Morgan fingerprint density at radius 3 is 2.24 bits per heavy atom. The summed E-state index contributed by atoms with van der Waals surface area (Å²) in [5, 5.41) is 1.73. The quantitative estimate of drug-likeness (QED) is 0.323. The van der Waals surface area contributed by atoms with E-state index < -0.39 is 0 Å². The molecule has 0 amide bonds. The summed E-state index contributed by atoms with van der Waals surface area (Å²) in [6.45, 7) is 2.92. The van der Waals surface area contributed by atoms with Crippen molar-refractivity contribution < 1.29 is 9.53 Å². The van der Waals surface area contributed by atoms with Crippen LogP contribution in [-0.2, 0) is 0 Å². The maximum absolute atomic E-state index is 12.4. The van der Waals surface area contributed by atoms with Crippen LogP contribution in [0.4, 0.5) is 0 Å². The summed E-state index contributed by atoms with van der Waals surface area (Å²) in [4.78, 5) is 12.4. The molecule has 130 valence electrons. The third kappa shape index (κ3) is 7.34. The minimum absolute atomic E-state index is 0. The van der Waals surface area contributed by atoms with Crippen LogP contribution < -0.4 is 10.0 Å². The number of hydrogen-bond acceptors (Lipinski definition) is 2. The van der Waals surface area contributed by atoms with Crippen molar-refractivity contribution in [3.8, 4) is 5.75 Å². The first-order chi connectivity index (χ1) is 11.6. The number of unbranched alkanes of at least 4 members (excludes halogenated alkanes) is 3. The first-order valence-corrected chi connectivity index (χ1v) is 9.85. The Bertz CT molecular complexity index is 657. The molecule has 0 aliphatic carbocycles. The number of carbonyl (C=O) groups is 1. The Balaban J connectivity index is 0.00000312. The van der Waals surface area contributed by atoms with Crippen LogP contribution in [-0.4, -0.2) is 31.0 Å². The van der Waals surface area contributed by atoms with Gasteiger partial charge in [0.2, 0.25) is 0 Å². The predicted octanol–water partition coefficient (Wildman–Crippen LogP) is 5.45. The monoisotopic (exact) mass is 390 g/mol. The molecule has 0 spiro atoms. The van der Waals surface area contributed by atoms with E-state index in [0.29, 0.717) is 15.6 Å². The van der Waals surface area contributed by atoms with Gasteiger partial charge in [0.05, 0.1) is 22.2 Å². The number of benzene rings is 2. The van der Waals surface area contributed by atoms with Crippen molar-refractivity contribution >= 4 is 61.5 Å². The van der Waals surface area contributed by atoms with Crippen LogP contribution in [0, 0.1) is 0 Å². The molecule has 0 saturated carbocycles. The summed E-state index contributed by atoms with van der Waals surface area (Å²) in [6, 6.07) is 12.7. The average Bonchev–Trinajstić information content (AvgIpc) is 2.56. The first kappa shape index (κ1) is 22.6. The molecule has 6 heteroatoms. The molecule has 25 heavy (non-hydrogen) atoms. The van der Waals surface area contributed by atoms with Crippen LogP contribution in [0.15, 0.2) is 42.5 Å².